The molecule has 0 atom stereocenters. The number of nitrogens with zero attached hydrogens (tertiary/aromatic N) is 2. The van der Waals surface area contributed by atoms with Crippen molar-refractivity contribution in [2.75, 3.05) is 0 Å². The SMILES string of the molecule is O=C1C=CC(=O)N1N1C(=O)C=C(c2ccccc2)C1=O. The summed E-state index contributed by atoms with van der Waals surface area (Å²) >= 11 is 0. The van der Waals surface area contributed by atoms with Crippen LogP contribution in [0.15, 0.2) is 48.6 Å². The molecular weight excluding hydrogens is 260 g/mol. The van der Waals surface area contributed by atoms with E-state index >= 15 is 0 Å². The lowest BCUT2D eigenvalue weighted by atomic mass is 10.1. The van der Waals surface area contributed by atoms with Gasteiger partial charge in [-0.1, -0.05) is 30.3 Å². The molecule has 2 aliphatic heterocycles. The Morgan fingerprint density at radius 1 is 0.700 bits per heavy atom. The van der Waals surface area contributed by atoms with Crippen LogP contribution in [0.3, 0.4) is 0 Å². The van der Waals surface area contributed by atoms with E-state index in [9.17, 15) is 19.2 Å². The van der Waals surface area contributed by atoms with Crippen LogP contribution in [0.5, 0.6) is 0 Å². The van der Waals surface area contributed by atoms with Gasteiger partial charge < -0.3 is 0 Å². The smallest absolute Gasteiger partial charge is 0.267 e. The first kappa shape index (κ1) is 12.0. The average molecular weight is 268 g/mol. The molecule has 0 aliphatic carbocycles. The maximum Gasteiger partial charge on any atom is 0.281 e. The molecule has 1 aromatic rings. The van der Waals surface area contributed by atoms with E-state index in [2.05, 4.69) is 0 Å². The van der Waals surface area contributed by atoms with Crippen molar-refractivity contribution in [1.82, 2.24) is 10.0 Å². The number of imide groups is 2. The van der Waals surface area contributed by atoms with Crippen molar-refractivity contribution in [3.05, 3.63) is 54.1 Å². The summed E-state index contributed by atoms with van der Waals surface area (Å²) in [5.41, 5.74) is 0.712. The van der Waals surface area contributed by atoms with Gasteiger partial charge in [0.25, 0.3) is 23.6 Å². The van der Waals surface area contributed by atoms with Gasteiger partial charge in [0.2, 0.25) is 0 Å². The van der Waals surface area contributed by atoms with Gasteiger partial charge in [0.05, 0.1) is 5.57 Å². The van der Waals surface area contributed by atoms with Crippen molar-refractivity contribution < 1.29 is 19.2 Å². The number of benzene rings is 1. The van der Waals surface area contributed by atoms with Gasteiger partial charge >= 0.3 is 0 Å². The molecule has 0 saturated carbocycles. The third kappa shape index (κ3) is 1.66. The Hall–Kier alpha value is -3.02. The van der Waals surface area contributed by atoms with Crippen LogP contribution in [0.25, 0.3) is 5.57 Å². The minimum Gasteiger partial charge on any atom is -0.267 e. The lowest BCUT2D eigenvalue weighted by molar-refractivity contribution is -0.169. The van der Waals surface area contributed by atoms with E-state index < -0.39 is 23.6 Å². The van der Waals surface area contributed by atoms with Gasteiger partial charge in [-0.3, -0.25) is 19.2 Å². The Labute approximate surface area is 113 Å². The van der Waals surface area contributed by atoms with E-state index in [0.717, 1.165) is 18.2 Å². The molecule has 0 saturated heterocycles. The number of hydrogen-bond acceptors (Lipinski definition) is 4. The highest BCUT2D eigenvalue weighted by atomic mass is 16.2. The largest absolute Gasteiger partial charge is 0.281 e. The summed E-state index contributed by atoms with van der Waals surface area (Å²) < 4.78 is 0. The molecule has 6 heteroatoms. The lowest BCUT2D eigenvalue weighted by Crippen LogP contribution is -2.50. The zero-order valence-electron chi connectivity index (χ0n) is 10.1. The molecule has 0 bridgehead atoms. The third-order valence-corrected chi connectivity index (χ3v) is 2.97. The summed E-state index contributed by atoms with van der Waals surface area (Å²) in [5.74, 6) is -2.82. The molecule has 4 amide bonds. The molecule has 0 aromatic heterocycles. The van der Waals surface area contributed by atoms with Crippen LogP contribution in [-0.2, 0) is 19.2 Å². The van der Waals surface area contributed by atoms with Crippen LogP contribution in [0.4, 0.5) is 0 Å². The lowest BCUT2D eigenvalue weighted by Gasteiger charge is -2.23. The predicted octanol–water partition coefficient (Wildman–Crippen LogP) is 0.279. The van der Waals surface area contributed by atoms with Gasteiger partial charge in [-0.25, -0.2) is 0 Å². The van der Waals surface area contributed by atoms with Crippen molar-refractivity contribution in [3.8, 4) is 0 Å². The highest BCUT2D eigenvalue weighted by Gasteiger charge is 2.42. The van der Waals surface area contributed by atoms with Crippen LogP contribution in [0.2, 0.25) is 0 Å². The third-order valence-electron chi connectivity index (χ3n) is 2.97. The molecule has 0 radical (unpaired) electrons. The summed E-state index contributed by atoms with van der Waals surface area (Å²) in [6.45, 7) is 0. The van der Waals surface area contributed by atoms with Gasteiger partial charge in [0.1, 0.15) is 0 Å². The highest BCUT2D eigenvalue weighted by Crippen LogP contribution is 2.25. The fraction of sp³-hybridized carbons (Fsp3) is 0. The zero-order chi connectivity index (χ0) is 14.3. The molecule has 3 rings (SSSR count). The fourth-order valence-corrected chi connectivity index (χ4v) is 2.06. The standard InChI is InChI=1S/C14H8N2O4/c17-11-6-7-12(18)15(11)16-13(19)8-10(14(16)20)9-4-2-1-3-5-9/h1-8H. The number of hydrazine groups is 1. The quantitative estimate of drug-likeness (QED) is 0.722. The first-order chi connectivity index (χ1) is 9.59. The first-order valence-corrected chi connectivity index (χ1v) is 5.81. The van der Waals surface area contributed by atoms with E-state index in [4.69, 9.17) is 0 Å². The Morgan fingerprint density at radius 2 is 1.30 bits per heavy atom. The van der Waals surface area contributed by atoms with Gasteiger partial charge in [-0.15, -0.1) is 0 Å². The van der Waals surface area contributed by atoms with Crippen LogP contribution in [-0.4, -0.2) is 33.6 Å². The normalized spacial score (nSPS) is 18.3. The number of carbonyl (C=O) groups excluding carboxylic acids is 4. The van der Waals surface area contributed by atoms with Crippen LogP contribution in [0.1, 0.15) is 5.56 Å². The Kier molecular flexibility index (Phi) is 2.57. The van der Waals surface area contributed by atoms with Crippen LogP contribution in [0, 0.1) is 0 Å². The highest BCUT2D eigenvalue weighted by molar-refractivity contribution is 6.34. The Balaban J connectivity index is 1.96. The molecule has 0 fully saturated rings. The molecule has 0 spiro atoms. The number of carbonyl (C=O) groups is 4. The molecule has 0 N–H and O–H groups in total. The molecule has 1 aromatic carbocycles. The minimum atomic E-state index is -0.709. The maximum absolute atomic E-state index is 12.3. The monoisotopic (exact) mass is 268 g/mol. The Morgan fingerprint density at radius 3 is 1.90 bits per heavy atom. The fourth-order valence-electron chi connectivity index (χ4n) is 2.06. The first-order valence-electron chi connectivity index (χ1n) is 5.81. The average Bonchev–Trinajstić information content (AvgIpc) is 2.92. The second-order valence-electron chi connectivity index (χ2n) is 4.20. The second kappa shape index (κ2) is 4.27. The minimum absolute atomic E-state index is 0.156. The molecule has 2 aliphatic rings. The van der Waals surface area contributed by atoms with Gasteiger partial charge in [-0.05, 0) is 5.56 Å². The van der Waals surface area contributed by atoms with E-state index in [1.165, 1.54) is 0 Å². The summed E-state index contributed by atoms with van der Waals surface area (Å²) in [7, 11) is 0. The van der Waals surface area contributed by atoms with Crippen molar-refractivity contribution in [3.63, 3.8) is 0 Å². The van der Waals surface area contributed by atoms with Gasteiger partial charge in [-0.2, -0.15) is 10.0 Å². The van der Waals surface area contributed by atoms with Crippen molar-refractivity contribution in [2.45, 2.75) is 0 Å². The van der Waals surface area contributed by atoms with Crippen LogP contribution >= 0.6 is 0 Å². The molecule has 0 unspecified atom stereocenters. The number of rotatable bonds is 2. The van der Waals surface area contributed by atoms with E-state index in [1.54, 1.807) is 30.3 Å². The van der Waals surface area contributed by atoms with Crippen molar-refractivity contribution in [1.29, 1.82) is 0 Å². The molecule has 2 heterocycles. The van der Waals surface area contributed by atoms with Gasteiger partial charge in [0, 0.05) is 18.2 Å². The topological polar surface area (TPSA) is 74.8 Å². The second-order valence-corrected chi connectivity index (χ2v) is 4.20. The molecule has 6 nitrogen and oxygen atoms in total. The predicted molar refractivity (Wildman–Crippen MR) is 67.3 cm³/mol. The molecule has 98 valence electrons. The van der Waals surface area contributed by atoms with E-state index in [0.29, 0.717) is 15.6 Å². The maximum atomic E-state index is 12.3. The van der Waals surface area contributed by atoms with Crippen LogP contribution < -0.4 is 0 Å². The summed E-state index contributed by atoms with van der Waals surface area (Å²) in [6.07, 6.45) is 3.16. The summed E-state index contributed by atoms with van der Waals surface area (Å²) in [4.78, 5) is 47.3. The molecule has 20 heavy (non-hydrogen) atoms. The number of amides is 4. The molecular formula is C14H8N2O4. The number of hydrogen-bond donors (Lipinski definition) is 0. The zero-order valence-corrected chi connectivity index (χ0v) is 10.1. The summed E-state index contributed by atoms with van der Waals surface area (Å²) in [5, 5.41) is 1.10. The Bertz CT molecular complexity index is 685. The summed E-state index contributed by atoms with van der Waals surface area (Å²) in [6, 6.07) is 8.58. The van der Waals surface area contributed by atoms with Gasteiger partial charge in [0.15, 0.2) is 0 Å². The van der Waals surface area contributed by atoms with Crippen molar-refractivity contribution in [2.24, 2.45) is 0 Å². The van der Waals surface area contributed by atoms with Crippen molar-refractivity contribution >= 4 is 29.2 Å². The van der Waals surface area contributed by atoms with E-state index in [1.807, 2.05) is 0 Å². The van der Waals surface area contributed by atoms with E-state index in [-0.39, 0.29) is 5.57 Å².